The van der Waals surface area contributed by atoms with E-state index in [-0.39, 0.29) is 29.1 Å². The van der Waals surface area contributed by atoms with Crippen LogP contribution in [0.2, 0.25) is 0 Å². The number of anilines is 1. The second-order valence-electron chi connectivity index (χ2n) is 5.91. The highest BCUT2D eigenvalue weighted by atomic mass is 35.5. The molecule has 1 unspecified atom stereocenters. The number of nitrogens with zero attached hydrogens (tertiary/aromatic N) is 1. The lowest BCUT2D eigenvalue weighted by atomic mass is 9.99. The molecule has 1 aromatic rings. The Morgan fingerprint density at radius 1 is 1.40 bits per heavy atom. The first-order chi connectivity index (χ1) is 11.4. The Morgan fingerprint density at radius 2 is 2.12 bits per heavy atom. The van der Waals surface area contributed by atoms with E-state index in [0.717, 1.165) is 23.7 Å². The number of hydrogen-bond acceptors (Lipinski definition) is 5. The van der Waals surface area contributed by atoms with Crippen molar-refractivity contribution in [3.8, 4) is 5.75 Å². The van der Waals surface area contributed by atoms with Gasteiger partial charge in [-0.3, -0.25) is 4.79 Å². The van der Waals surface area contributed by atoms with Gasteiger partial charge in [-0.2, -0.15) is 0 Å². The lowest BCUT2D eigenvalue weighted by molar-refractivity contribution is -0.120. The van der Waals surface area contributed by atoms with Gasteiger partial charge in [0.1, 0.15) is 5.75 Å². The van der Waals surface area contributed by atoms with Crippen LogP contribution in [-0.4, -0.2) is 52.4 Å². The summed E-state index contributed by atoms with van der Waals surface area (Å²) < 4.78 is 31.3. The summed E-state index contributed by atoms with van der Waals surface area (Å²) in [5.41, 5.74) is 0.385. The molecule has 2 N–H and O–H groups in total. The van der Waals surface area contributed by atoms with Crippen molar-refractivity contribution in [2.75, 3.05) is 39.1 Å². The average molecular weight is 392 g/mol. The fourth-order valence-corrected chi connectivity index (χ4v) is 3.50. The smallest absolute Gasteiger partial charge is 0.242 e. The molecule has 9 heteroatoms. The molecule has 142 valence electrons. The Morgan fingerprint density at radius 3 is 2.68 bits per heavy atom. The number of piperidine rings is 1. The molecular weight excluding hydrogens is 366 g/mol. The van der Waals surface area contributed by atoms with Crippen molar-refractivity contribution < 1.29 is 17.9 Å². The van der Waals surface area contributed by atoms with Crippen molar-refractivity contribution in [3.05, 3.63) is 18.2 Å². The zero-order valence-corrected chi connectivity index (χ0v) is 16.4. The van der Waals surface area contributed by atoms with Crippen molar-refractivity contribution in [2.45, 2.75) is 24.7 Å². The molecule has 2 rings (SSSR count). The summed E-state index contributed by atoms with van der Waals surface area (Å²) in [5.74, 6) is 0.220. The first-order valence-electron chi connectivity index (χ1n) is 8.07. The Balaban J connectivity index is 0.00000312. The highest BCUT2D eigenvalue weighted by molar-refractivity contribution is 7.89. The molecule has 1 heterocycles. The predicted molar refractivity (Wildman–Crippen MR) is 100.0 cm³/mol. The van der Waals surface area contributed by atoms with E-state index < -0.39 is 10.0 Å². The molecule has 1 aromatic carbocycles. The van der Waals surface area contributed by atoms with Crippen molar-refractivity contribution in [1.82, 2.24) is 9.62 Å². The summed E-state index contributed by atoms with van der Waals surface area (Å²) in [6.45, 7) is 3.81. The molecule has 1 aliphatic rings. The molecule has 0 bridgehead atoms. The van der Waals surface area contributed by atoms with Crippen LogP contribution in [0.15, 0.2) is 23.1 Å². The zero-order valence-electron chi connectivity index (χ0n) is 14.7. The summed E-state index contributed by atoms with van der Waals surface area (Å²) >= 11 is 0. The van der Waals surface area contributed by atoms with Gasteiger partial charge in [-0.1, -0.05) is 0 Å². The maximum absolute atomic E-state index is 12.5. The number of ether oxygens (including phenoxy) is 1. The highest BCUT2D eigenvalue weighted by Gasteiger charge is 2.24. The second kappa shape index (κ2) is 9.38. The molecule has 0 aliphatic carbocycles. The molecule has 1 atom stereocenters. The van der Waals surface area contributed by atoms with E-state index in [4.69, 9.17) is 4.74 Å². The molecule has 1 saturated heterocycles. The molecular formula is C16H26ClN3O4S. The van der Waals surface area contributed by atoms with Crippen LogP contribution >= 0.6 is 12.4 Å². The molecule has 0 radical (unpaired) electrons. The predicted octanol–water partition coefficient (Wildman–Crippen LogP) is 1.70. The maximum Gasteiger partial charge on any atom is 0.242 e. The molecule has 0 saturated carbocycles. The van der Waals surface area contributed by atoms with Gasteiger partial charge in [0.15, 0.2) is 0 Å². The van der Waals surface area contributed by atoms with E-state index in [0.29, 0.717) is 24.6 Å². The number of halogens is 1. The molecule has 0 spiro atoms. The SMILES string of the molecule is CCOc1ccc(S(=O)(=O)N(C)C)cc1NC(=O)C1CCCNC1.Cl. The highest BCUT2D eigenvalue weighted by Crippen LogP contribution is 2.29. The Kier molecular flexibility index (Phi) is 8.14. The number of carbonyl (C=O) groups excluding carboxylic acids is 1. The third kappa shape index (κ3) is 5.31. The lowest BCUT2D eigenvalue weighted by Crippen LogP contribution is -2.37. The van der Waals surface area contributed by atoms with Gasteiger partial charge in [0, 0.05) is 20.6 Å². The monoisotopic (exact) mass is 391 g/mol. The van der Waals surface area contributed by atoms with Gasteiger partial charge in [-0.25, -0.2) is 12.7 Å². The van der Waals surface area contributed by atoms with Gasteiger partial charge in [0.05, 0.1) is 23.1 Å². The van der Waals surface area contributed by atoms with Gasteiger partial charge in [0.25, 0.3) is 0 Å². The Bertz CT molecular complexity index is 689. The van der Waals surface area contributed by atoms with Crippen molar-refractivity contribution in [3.63, 3.8) is 0 Å². The number of carbonyl (C=O) groups is 1. The van der Waals surface area contributed by atoms with Gasteiger partial charge >= 0.3 is 0 Å². The van der Waals surface area contributed by atoms with Crippen molar-refractivity contribution in [1.29, 1.82) is 0 Å². The third-order valence-corrected chi connectivity index (χ3v) is 5.77. The van der Waals surface area contributed by atoms with Crippen LogP contribution in [0.4, 0.5) is 5.69 Å². The van der Waals surface area contributed by atoms with E-state index in [1.165, 1.54) is 26.2 Å². The fraction of sp³-hybridized carbons (Fsp3) is 0.562. The second-order valence-corrected chi connectivity index (χ2v) is 8.06. The number of hydrogen-bond donors (Lipinski definition) is 2. The molecule has 0 aromatic heterocycles. The minimum atomic E-state index is -3.58. The fourth-order valence-electron chi connectivity index (χ4n) is 2.57. The minimum Gasteiger partial charge on any atom is -0.492 e. The van der Waals surface area contributed by atoms with E-state index in [1.807, 2.05) is 6.92 Å². The van der Waals surface area contributed by atoms with Crippen LogP contribution in [-0.2, 0) is 14.8 Å². The van der Waals surface area contributed by atoms with Crippen LogP contribution in [0, 0.1) is 5.92 Å². The van der Waals surface area contributed by atoms with E-state index in [1.54, 1.807) is 6.07 Å². The van der Waals surface area contributed by atoms with Gasteiger partial charge in [-0.15, -0.1) is 12.4 Å². The van der Waals surface area contributed by atoms with E-state index in [2.05, 4.69) is 10.6 Å². The van der Waals surface area contributed by atoms with Crippen molar-refractivity contribution >= 4 is 34.0 Å². The number of sulfonamides is 1. The normalized spacial score (nSPS) is 17.7. The van der Waals surface area contributed by atoms with Crippen LogP contribution in [0.1, 0.15) is 19.8 Å². The molecule has 1 amide bonds. The largest absolute Gasteiger partial charge is 0.492 e. The third-order valence-electron chi connectivity index (χ3n) is 3.95. The van der Waals surface area contributed by atoms with Crippen LogP contribution in [0.3, 0.4) is 0 Å². The zero-order chi connectivity index (χ0) is 17.7. The van der Waals surface area contributed by atoms with E-state index >= 15 is 0 Å². The number of nitrogens with one attached hydrogen (secondary N) is 2. The number of rotatable bonds is 6. The van der Waals surface area contributed by atoms with Crippen LogP contribution < -0.4 is 15.4 Å². The molecule has 1 aliphatic heterocycles. The summed E-state index contributed by atoms with van der Waals surface area (Å²) in [5, 5.41) is 6.03. The van der Waals surface area contributed by atoms with Crippen LogP contribution in [0.25, 0.3) is 0 Å². The van der Waals surface area contributed by atoms with Gasteiger partial charge < -0.3 is 15.4 Å². The topological polar surface area (TPSA) is 87.7 Å². The van der Waals surface area contributed by atoms with Crippen molar-refractivity contribution in [2.24, 2.45) is 5.92 Å². The molecule has 7 nitrogen and oxygen atoms in total. The molecule has 1 fully saturated rings. The quantitative estimate of drug-likeness (QED) is 0.770. The first kappa shape index (κ1) is 21.7. The number of amides is 1. The Hall–Kier alpha value is -1.35. The van der Waals surface area contributed by atoms with Crippen LogP contribution in [0.5, 0.6) is 5.75 Å². The standard InChI is InChI=1S/C16H25N3O4S.ClH/c1-4-23-15-8-7-13(24(21,22)19(2)3)10-14(15)18-16(20)12-6-5-9-17-11-12;/h7-8,10,12,17H,4-6,9,11H2,1-3H3,(H,18,20);1H. The Labute approximate surface area is 155 Å². The van der Waals surface area contributed by atoms with Gasteiger partial charge in [0.2, 0.25) is 15.9 Å². The summed E-state index contributed by atoms with van der Waals surface area (Å²) in [4.78, 5) is 12.6. The minimum absolute atomic E-state index is 0. The summed E-state index contributed by atoms with van der Waals surface area (Å²) in [6, 6.07) is 4.52. The first-order valence-corrected chi connectivity index (χ1v) is 9.51. The van der Waals surface area contributed by atoms with E-state index in [9.17, 15) is 13.2 Å². The number of benzene rings is 1. The lowest BCUT2D eigenvalue weighted by Gasteiger charge is -2.23. The summed E-state index contributed by atoms with van der Waals surface area (Å²) in [6.07, 6.45) is 1.77. The molecule has 25 heavy (non-hydrogen) atoms. The maximum atomic E-state index is 12.5. The average Bonchev–Trinajstić information content (AvgIpc) is 2.57. The van der Waals surface area contributed by atoms with Gasteiger partial charge in [-0.05, 0) is 44.5 Å². The summed E-state index contributed by atoms with van der Waals surface area (Å²) in [7, 11) is -0.638.